The molecular formula is C18H34O. The molecule has 0 aromatic carbocycles. The molecule has 0 spiro atoms. The van der Waals surface area contributed by atoms with E-state index in [-0.39, 0.29) is 0 Å². The van der Waals surface area contributed by atoms with Gasteiger partial charge in [-0.3, -0.25) is 0 Å². The highest BCUT2D eigenvalue weighted by Gasteiger charge is 2.25. The van der Waals surface area contributed by atoms with Crippen LogP contribution < -0.4 is 0 Å². The normalized spacial score (nSPS) is 19.1. The van der Waals surface area contributed by atoms with Gasteiger partial charge in [-0.25, -0.2) is 0 Å². The molecule has 1 fully saturated rings. The van der Waals surface area contributed by atoms with E-state index >= 15 is 0 Å². The van der Waals surface area contributed by atoms with Crippen molar-refractivity contribution in [3.8, 4) is 0 Å². The van der Waals surface area contributed by atoms with Gasteiger partial charge in [-0.05, 0) is 25.7 Å². The lowest BCUT2D eigenvalue weighted by atomic mass is 9.84. The molecule has 1 rings (SSSR count). The lowest BCUT2D eigenvalue weighted by Gasteiger charge is -2.28. The Kier molecular flexibility index (Phi) is 9.24. The molecule has 0 radical (unpaired) electrons. The number of aliphatic hydroxyl groups is 1. The van der Waals surface area contributed by atoms with Crippen molar-refractivity contribution in [2.75, 3.05) is 0 Å². The van der Waals surface area contributed by atoms with Crippen molar-refractivity contribution in [1.29, 1.82) is 0 Å². The topological polar surface area (TPSA) is 20.2 Å². The molecule has 0 bridgehead atoms. The summed E-state index contributed by atoms with van der Waals surface area (Å²) in [6.07, 6.45) is 22.1. The first-order valence-electron chi connectivity index (χ1n) is 8.67. The van der Waals surface area contributed by atoms with Gasteiger partial charge in [-0.1, -0.05) is 83.3 Å². The van der Waals surface area contributed by atoms with E-state index in [1.165, 1.54) is 70.6 Å². The zero-order valence-corrected chi connectivity index (χ0v) is 13.0. The van der Waals surface area contributed by atoms with E-state index in [1.807, 2.05) is 0 Å². The van der Waals surface area contributed by atoms with Crippen LogP contribution in [0.25, 0.3) is 0 Å². The van der Waals surface area contributed by atoms with Crippen LogP contribution in [0.5, 0.6) is 0 Å². The first-order valence-corrected chi connectivity index (χ1v) is 8.67. The summed E-state index contributed by atoms with van der Waals surface area (Å²) < 4.78 is 0. The van der Waals surface area contributed by atoms with Crippen molar-refractivity contribution < 1.29 is 5.11 Å². The standard InChI is InChI=1S/C18H34O/c1-2-3-4-5-6-7-8-9-10-12-15-18(19)16-13-11-14-17-18/h12,15,19H,2-11,13-14,16-17H2,1H3/b15-12+. The van der Waals surface area contributed by atoms with Crippen molar-refractivity contribution in [3.63, 3.8) is 0 Å². The third-order valence-electron chi connectivity index (χ3n) is 4.37. The zero-order chi connectivity index (χ0) is 13.8. The first kappa shape index (κ1) is 16.8. The van der Waals surface area contributed by atoms with E-state index in [2.05, 4.69) is 19.1 Å². The highest BCUT2D eigenvalue weighted by atomic mass is 16.3. The summed E-state index contributed by atoms with van der Waals surface area (Å²) in [5, 5.41) is 10.3. The second-order valence-electron chi connectivity index (χ2n) is 6.33. The molecule has 1 heteroatoms. The van der Waals surface area contributed by atoms with E-state index in [0.29, 0.717) is 0 Å². The maximum atomic E-state index is 10.3. The Balaban J connectivity index is 1.92. The molecule has 19 heavy (non-hydrogen) atoms. The highest BCUT2D eigenvalue weighted by Crippen LogP contribution is 2.29. The zero-order valence-electron chi connectivity index (χ0n) is 13.0. The predicted molar refractivity (Wildman–Crippen MR) is 84.4 cm³/mol. The molecule has 1 nitrogen and oxygen atoms in total. The van der Waals surface area contributed by atoms with Crippen LogP contribution in [0.2, 0.25) is 0 Å². The smallest absolute Gasteiger partial charge is 0.0827 e. The van der Waals surface area contributed by atoms with Crippen molar-refractivity contribution in [1.82, 2.24) is 0 Å². The number of allylic oxidation sites excluding steroid dienone is 1. The fourth-order valence-electron chi connectivity index (χ4n) is 3.03. The number of hydrogen-bond donors (Lipinski definition) is 1. The summed E-state index contributed by atoms with van der Waals surface area (Å²) in [4.78, 5) is 0. The van der Waals surface area contributed by atoms with Gasteiger partial charge in [0, 0.05) is 0 Å². The molecule has 0 aromatic rings. The third kappa shape index (κ3) is 8.47. The van der Waals surface area contributed by atoms with Gasteiger partial charge < -0.3 is 5.11 Å². The molecule has 0 atom stereocenters. The largest absolute Gasteiger partial charge is 0.386 e. The van der Waals surface area contributed by atoms with Crippen molar-refractivity contribution in [2.45, 2.75) is 102 Å². The molecule has 0 aromatic heterocycles. The van der Waals surface area contributed by atoms with Crippen LogP contribution in [0.1, 0.15) is 96.8 Å². The van der Waals surface area contributed by atoms with E-state index in [0.717, 1.165) is 19.3 Å². The minimum Gasteiger partial charge on any atom is -0.386 e. The van der Waals surface area contributed by atoms with Crippen LogP contribution in [0.3, 0.4) is 0 Å². The molecule has 1 saturated carbocycles. The summed E-state index contributed by atoms with van der Waals surface area (Å²) >= 11 is 0. The van der Waals surface area contributed by atoms with Gasteiger partial charge in [0.15, 0.2) is 0 Å². The number of rotatable bonds is 10. The van der Waals surface area contributed by atoms with Gasteiger partial charge >= 0.3 is 0 Å². The Morgan fingerprint density at radius 2 is 1.42 bits per heavy atom. The monoisotopic (exact) mass is 266 g/mol. The maximum absolute atomic E-state index is 10.3. The van der Waals surface area contributed by atoms with Crippen molar-refractivity contribution >= 4 is 0 Å². The number of unbranched alkanes of at least 4 members (excludes halogenated alkanes) is 8. The van der Waals surface area contributed by atoms with Crippen molar-refractivity contribution in [3.05, 3.63) is 12.2 Å². The minimum atomic E-state index is -0.460. The summed E-state index contributed by atoms with van der Waals surface area (Å²) in [5.74, 6) is 0. The molecule has 0 heterocycles. The molecule has 0 saturated heterocycles. The van der Waals surface area contributed by atoms with Gasteiger partial charge in [-0.2, -0.15) is 0 Å². The van der Waals surface area contributed by atoms with E-state index in [1.54, 1.807) is 0 Å². The Bertz CT molecular complexity index is 226. The van der Waals surface area contributed by atoms with E-state index in [4.69, 9.17) is 0 Å². The molecule has 0 amide bonds. The van der Waals surface area contributed by atoms with Crippen LogP contribution in [-0.2, 0) is 0 Å². The molecule has 1 N–H and O–H groups in total. The SMILES string of the molecule is CCCCCCCCCC/C=C/C1(O)CCCCC1. The molecule has 1 aliphatic carbocycles. The van der Waals surface area contributed by atoms with Gasteiger partial charge in [0.05, 0.1) is 5.60 Å². The third-order valence-corrected chi connectivity index (χ3v) is 4.37. The van der Waals surface area contributed by atoms with Crippen LogP contribution in [-0.4, -0.2) is 10.7 Å². The van der Waals surface area contributed by atoms with Crippen LogP contribution in [0.15, 0.2) is 12.2 Å². The molecule has 1 aliphatic rings. The summed E-state index contributed by atoms with van der Waals surface area (Å²) in [7, 11) is 0. The summed E-state index contributed by atoms with van der Waals surface area (Å²) in [6, 6.07) is 0. The molecule has 0 aliphatic heterocycles. The Labute approximate surface area is 120 Å². The van der Waals surface area contributed by atoms with Crippen LogP contribution in [0, 0.1) is 0 Å². The minimum absolute atomic E-state index is 0.460. The second kappa shape index (κ2) is 10.5. The molecular weight excluding hydrogens is 232 g/mol. The van der Waals surface area contributed by atoms with Gasteiger partial charge in [-0.15, -0.1) is 0 Å². The predicted octanol–water partition coefficient (Wildman–Crippen LogP) is 5.77. The average Bonchev–Trinajstić information content (AvgIpc) is 2.42. The van der Waals surface area contributed by atoms with Crippen LogP contribution in [0.4, 0.5) is 0 Å². The summed E-state index contributed by atoms with van der Waals surface area (Å²) in [5.41, 5.74) is -0.460. The fraction of sp³-hybridized carbons (Fsp3) is 0.889. The summed E-state index contributed by atoms with van der Waals surface area (Å²) in [6.45, 7) is 2.27. The molecule has 0 unspecified atom stereocenters. The Morgan fingerprint density at radius 3 is 2.05 bits per heavy atom. The van der Waals surface area contributed by atoms with Gasteiger partial charge in [0.1, 0.15) is 0 Å². The highest BCUT2D eigenvalue weighted by molar-refractivity contribution is 5.02. The lowest BCUT2D eigenvalue weighted by Crippen LogP contribution is -2.28. The van der Waals surface area contributed by atoms with E-state index < -0.39 is 5.60 Å². The molecule has 112 valence electrons. The lowest BCUT2D eigenvalue weighted by molar-refractivity contribution is 0.0511. The maximum Gasteiger partial charge on any atom is 0.0827 e. The van der Waals surface area contributed by atoms with Crippen molar-refractivity contribution in [2.24, 2.45) is 0 Å². The fourth-order valence-corrected chi connectivity index (χ4v) is 3.03. The first-order chi connectivity index (χ1) is 9.27. The average molecular weight is 266 g/mol. The van der Waals surface area contributed by atoms with E-state index in [9.17, 15) is 5.11 Å². The van der Waals surface area contributed by atoms with Crippen LogP contribution >= 0.6 is 0 Å². The second-order valence-corrected chi connectivity index (χ2v) is 6.33. The van der Waals surface area contributed by atoms with Gasteiger partial charge in [0.2, 0.25) is 0 Å². The number of hydrogen-bond acceptors (Lipinski definition) is 1. The Morgan fingerprint density at radius 1 is 0.842 bits per heavy atom. The van der Waals surface area contributed by atoms with Gasteiger partial charge in [0.25, 0.3) is 0 Å². The quantitative estimate of drug-likeness (QED) is 0.393. The Hall–Kier alpha value is -0.300.